The van der Waals surface area contributed by atoms with Crippen molar-refractivity contribution in [3.05, 3.63) is 90.5 Å². The SMILES string of the molecule is CCc1ccccc1NC(=O)CSc1nnc(-c2ccccc2)c(-c2ccccc2)n1. The van der Waals surface area contributed by atoms with Gasteiger partial charge in [0.25, 0.3) is 0 Å². The molecule has 4 aromatic rings. The molecule has 0 aliphatic heterocycles. The van der Waals surface area contributed by atoms with E-state index >= 15 is 0 Å². The third kappa shape index (κ3) is 5.16. The number of carbonyl (C=O) groups excluding carboxylic acids is 1. The molecular formula is C25H22N4OS. The van der Waals surface area contributed by atoms with E-state index in [9.17, 15) is 4.79 Å². The molecule has 0 spiro atoms. The first-order chi connectivity index (χ1) is 15.2. The summed E-state index contributed by atoms with van der Waals surface area (Å²) < 4.78 is 0. The van der Waals surface area contributed by atoms with E-state index in [1.165, 1.54) is 11.8 Å². The number of rotatable bonds is 7. The van der Waals surface area contributed by atoms with Crippen molar-refractivity contribution in [2.24, 2.45) is 0 Å². The average molecular weight is 427 g/mol. The molecule has 31 heavy (non-hydrogen) atoms. The van der Waals surface area contributed by atoms with Crippen molar-refractivity contribution in [2.45, 2.75) is 18.5 Å². The number of aryl methyl sites for hydroxylation is 1. The van der Waals surface area contributed by atoms with Gasteiger partial charge in [0.05, 0.1) is 5.75 Å². The van der Waals surface area contributed by atoms with Gasteiger partial charge in [-0.2, -0.15) is 0 Å². The molecule has 0 aliphatic rings. The van der Waals surface area contributed by atoms with Gasteiger partial charge in [-0.05, 0) is 18.1 Å². The zero-order valence-corrected chi connectivity index (χ0v) is 18.0. The molecule has 154 valence electrons. The molecule has 0 radical (unpaired) electrons. The van der Waals surface area contributed by atoms with E-state index in [2.05, 4.69) is 22.4 Å². The van der Waals surface area contributed by atoms with Crippen LogP contribution in [-0.2, 0) is 11.2 Å². The van der Waals surface area contributed by atoms with Crippen LogP contribution in [0.3, 0.4) is 0 Å². The number of thioether (sulfide) groups is 1. The Morgan fingerprint density at radius 1 is 0.806 bits per heavy atom. The third-order valence-corrected chi connectivity index (χ3v) is 5.60. The number of nitrogens with zero attached hydrogens (tertiary/aromatic N) is 3. The summed E-state index contributed by atoms with van der Waals surface area (Å²) in [5.41, 5.74) is 5.33. The van der Waals surface area contributed by atoms with Crippen molar-refractivity contribution >= 4 is 23.4 Å². The van der Waals surface area contributed by atoms with Crippen LogP contribution >= 0.6 is 11.8 Å². The van der Waals surface area contributed by atoms with E-state index < -0.39 is 0 Å². The molecule has 4 rings (SSSR count). The molecule has 0 bridgehead atoms. The van der Waals surface area contributed by atoms with E-state index in [0.29, 0.717) is 5.16 Å². The summed E-state index contributed by atoms with van der Waals surface area (Å²) in [6, 6.07) is 27.6. The van der Waals surface area contributed by atoms with Crippen molar-refractivity contribution in [2.75, 3.05) is 11.1 Å². The van der Waals surface area contributed by atoms with Crippen LogP contribution in [0.4, 0.5) is 5.69 Å². The van der Waals surface area contributed by atoms with Crippen LogP contribution in [0.5, 0.6) is 0 Å². The van der Waals surface area contributed by atoms with Crippen LogP contribution in [0, 0.1) is 0 Å². The molecule has 1 heterocycles. The Balaban J connectivity index is 1.55. The van der Waals surface area contributed by atoms with Gasteiger partial charge in [0.15, 0.2) is 0 Å². The van der Waals surface area contributed by atoms with E-state index in [4.69, 9.17) is 4.98 Å². The molecule has 6 heteroatoms. The van der Waals surface area contributed by atoms with Crippen LogP contribution in [0.25, 0.3) is 22.5 Å². The second-order valence-corrected chi connectivity index (χ2v) is 7.81. The fourth-order valence-electron chi connectivity index (χ4n) is 3.23. The third-order valence-electron chi connectivity index (χ3n) is 4.77. The van der Waals surface area contributed by atoms with Crippen LogP contribution in [-0.4, -0.2) is 26.8 Å². The van der Waals surface area contributed by atoms with Crippen LogP contribution in [0.15, 0.2) is 90.1 Å². The lowest BCUT2D eigenvalue weighted by atomic mass is 10.0. The molecule has 0 atom stereocenters. The highest BCUT2D eigenvalue weighted by molar-refractivity contribution is 7.99. The quantitative estimate of drug-likeness (QED) is 0.395. The molecule has 0 saturated carbocycles. The molecule has 3 aromatic carbocycles. The molecular weight excluding hydrogens is 404 g/mol. The maximum Gasteiger partial charge on any atom is 0.234 e. The Hall–Kier alpha value is -3.51. The summed E-state index contributed by atoms with van der Waals surface area (Å²) in [4.78, 5) is 17.2. The Bertz CT molecular complexity index is 1170. The summed E-state index contributed by atoms with van der Waals surface area (Å²) in [6.07, 6.45) is 0.859. The lowest BCUT2D eigenvalue weighted by Crippen LogP contribution is -2.15. The average Bonchev–Trinajstić information content (AvgIpc) is 2.84. The number of hydrogen-bond acceptors (Lipinski definition) is 5. The minimum atomic E-state index is -0.0945. The molecule has 0 unspecified atom stereocenters. The number of amides is 1. The molecule has 1 amide bonds. The normalized spacial score (nSPS) is 10.6. The number of carbonyl (C=O) groups is 1. The monoisotopic (exact) mass is 426 g/mol. The lowest BCUT2D eigenvalue weighted by Gasteiger charge is -2.10. The lowest BCUT2D eigenvalue weighted by molar-refractivity contribution is -0.113. The van der Waals surface area contributed by atoms with Crippen molar-refractivity contribution in [1.29, 1.82) is 0 Å². The molecule has 5 nitrogen and oxygen atoms in total. The van der Waals surface area contributed by atoms with Gasteiger partial charge in [-0.25, -0.2) is 4.98 Å². The molecule has 1 aromatic heterocycles. The first-order valence-corrected chi connectivity index (χ1v) is 11.1. The Labute approximate surface area is 186 Å². The Kier molecular flexibility index (Phi) is 6.69. The Morgan fingerprint density at radius 3 is 2.10 bits per heavy atom. The number of anilines is 1. The summed E-state index contributed by atoms with van der Waals surface area (Å²) >= 11 is 1.28. The summed E-state index contributed by atoms with van der Waals surface area (Å²) in [5.74, 6) is 0.112. The van der Waals surface area contributed by atoms with Gasteiger partial charge in [-0.1, -0.05) is 97.5 Å². The fraction of sp³-hybridized carbons (Fsp3) is 0.120. The summed E-state index contributed by atoms with van der Waals surface area (Å²) in [5, 5.41) is 12.2. The smallest absolute Gasteiger partial charge is 0.234 e. The van der Waals surface area contributed by atoms with Crippen LogP contribution in [0.2, 0.25) is 0 Å². The molecule has 0 saturated heterocycles. The maximum atomic E-state index is 12.5. The van der Waals surface area contributed by atoms with Crippen molar-refractivity contribution < 1.29 is 4.79 Å². The predicted molar refractivity (Wildman–Crippen MR) is 126 cm³/mol. The van der Waals surface area contributed by atoms with Crippen molar-refractivity contribution in [1.82, 2.24) is 15.2 Å². The zero-order chi connectivity index (χ0) is 21.5. The molecule has 0 aliphatic carbocycles. The van der Waals surface area contributed by atoms with Gasteiger partial charge in [-0.15, -0.1) is 10.2 Å². The molecule has 0 fully saturated rings. The standard InChI is InChI=1S/C25H22N4OS/c1-2-18-11-9-10-16-21(18)26-22(30)17-31-25-27-23(19-12-5-3-6-13-19)24(28-29-25)20-14-7-4-8-15-20/h3-16H,2,17H2,1H3,(H,26,30). The van der Waals surface area contributed by atoms with E-state index in [1.54, 1.807) is 0 Å². The Morgan fingerprint density at radius 2 is 1.42 bits per heavy atom. The second-order valence-electron chi connectivity index (χ2n) is 6.87. The second kappa shape index (κ2) is 10.00. The van der Waals surface area contributed by atoms with E-state index in [1.807, 2.05) is 84.9 Å². The number of aromatic nitrogens is 3. The maximum absolute atomic E-state index is 12.5. The highest BCUT2D eigenvalue weighted by Gasteiger charge is 2.15. The highest BCUT2D eigenvalue weighted by atomic mass is 32.2. The van der Waals surface area contributed by atoms with Gasteiger partial charge in [-0.3, -0.25) is 4.79 Å². The first kappa shape index (κ1) is 20.8. The van der Waals surface area contributed by atoms with Gasteiger partial charge in [0.1, 0.15) is 11.4 Å². The minimum absolute atomic E-state index is 0.0945. The number of para-hydroxylation sites is 1. The van der Waals surface area contributed by atoms with Crippen molar-refractivity contribution in [3.63, 3.8) is 0 Å². The van der Waals surface area contributed by atoms with Gasteiger partial charge < -0.3 is 5.32 Å². The number of benzene rings is 3. The largest absolute Gasteiger partial charge is 0.325 e. The molecule has 1 N–H and O–H groups in total. The summed E-state index contributed by atoms with van der Waals surface area (Å²) in [7, 11) is 0. The zero-order valence-electron chi connectivity index (χ0n) is 17.2. The van der Waals surface area contributed by atoms with Crippen LogP contribution in [0.1, 0.15) is 12.5 Å². The van der Waals surface area contributed by atoms with Gasteiger partial charge in [0.2, 0.25) is 11.1 Å². The van der Waals surface area contributed by atoms with E-state index in [0.717, 1.165) is 40.2 Å². The topological polar surface area (TPSA) is 67.8 Å². The van der Waals surface area contributed by atoms with Crippen LogP contribution < -0.4 is 5.32 Å². The predicted octanol–water partition coefficient (Wildman–Crippen LogP) is 5.50. The number of hydrogen-bond donors (Lipinski definition) is 1. The summed E-state index contributed by atoms with van der Waals surface area (Å²) in [6.45, 7) is 2.07. The van der Waals surface area contributed by atoms with Gasteiger partial charge >= 0.3 is 0 Å². The van der Waals surface area contributed by atoms with Crippen molar-refractivity contribution in [3.8, 4) is 22.5 Å². The first-order valence-electron chi connectivity index (χ1n) is 10.1. The number of nitrogens with one attached hydrogen (secondary N) is 1. The van der Waals surface area contributed by atoms with E-state index in [-0.39, 0.29) is 11.7 Å². The minimum Gasteiger partial charge on any atom is -0.325 e. The van der Waals surface area contributed by atoms with Gasteiger partial charge in [0, 0.05) is 16.8 Å². The fourth-order valence-corrected chi connectivity index (χ4v) is 3.81. The highest BCUT2D eigenvalue weighted by Crippen LogP contribution is 2.29.